The van der Waals surface area contributed by atoms with E-state index in [9.17, 15) is 0 Å². The van der Waals surface area contributed by atoms with Gasteiger partial charge >= 0.3 is 0 Å². The van der Waals surface area contributed by atoms with Crippen LogP contribution in [0.5, 0.6) is 0 Å². The second kappa shape index (κ2) is 6.72. The van der Waals surface area contributed by atoms with Gasteiger partial charge in [-0.15, -0.1) is 0 Å². The lowest BCUT2D eigenvalue weighted by Gasteiger charge is -2.29. The molecule has 0 spiro atoms. The maximum atomic E-state index is 4.33. The van der Waals surface area contributed by atoms with Gasteiger partial charge in [0.1, 0.15) is 0 Å². The van der Waals surface area contributed by atoms with Crippen LogP contribution in [0.2, 0.25) is 0 Å². The summed E-state index contributed by atoms with van der Waals surface area (Å²) in [6.45, 7) is 4.73. The van der Waals surface area contributed by atoms with E-state index in [1.165, 1.54) is 38.2 Å². The maximum Gasteiger partial charge on any atom is 0.0416 e. The van der Waals surface area contributed by atoms with E-state index in [-0.39, 0.29) is 0 Å². The first-order chi connectivity index (χ1) is 8.34. The molecule has 1 aromatic rings. The number of aromatic nitrogens is 1. The SMILES string of the molecule is CN1CCC(CNCCc2ccccn2)CC1. The molecule has 2 rings (SSSR count). The van der Waals surface area contributed by atoms with E-state index < -0.39 is 0 Å². The standard InChI is InChI=1S/C14H23N3/c1-17-10-6-13(7-11-17)12-15-9-5-14-4-2-3-8-16-14/h2-4,8,13,15H,5-7,9-12H2,1H3. The van der Waals surface area contributed by atoms with E-state index in [1.54, 1.807) is 0 Å². The summed E-state index contributed by atoms with van der Waals surface area (Å²) < 4.78 is 0. The van der Waals surface area contributed by atoms with Crippen molar-refractivity contribution in [2.24, 2.45) is 5.92 Å². The Balaban J connectivity index is 1.57. The van der Waals surface area contributed by atoms with Crippen LogP contribution in [0.3, 0.4) is 0 Å². The lowest BCUT2D eigenvalue weighted by molar-refractivity contribution is 0.216. The lowest BCUT2D eigenvalue weighted by atomic mass is 9.97. The number of nitrogens with zero attached hydrogens (tertiary/aromatic N) is 2. The van der Waals surface area contributed by atoms with Crippen molar-refractivity contribution in [2.45, 2.75) is 19.3 Å². The molecule has 1 fully saturated rings. The van der Waals surface area contributed by atoms with Gasteiger partial charge < -0.3 is 10.2 Å². The third-order valence-corrected chi connectivity index (χ3v) is 3.56. The monoisotopic (exact) mass is 233 g/mol. The van der Waals surface area contributed by atoms with E-state index in [2.05, 4.69) is 34.4 Å². The summed E-state index contributed by atoms with van der Waals surface area (Å²) >= 11 is 0. The number of hydrogen-bond donors (Lipinski definition) is 1. The van der Waals surface area contributed by atoms with Crippen LogP contribution in [0.15, 0.2) is 24.4 Å². The van der Waals surface area contributed by atoms with E-state index in [1.807, 2.05) is 12.3 Å². The molecule has 0 amide bonds. The van der Waals surface area contributed by atoms with E-state index in [0.717, 1.165) is 18.9 Å². The largest absolute Gasteiger partial charge is 0.316 e. The van der Waals surface area contributed by atoms with Gasteiger partial charge in [-0.05, 0) is 57.6 Å². The zero-order valence-corrected chi connectivity index (χ0v) is 10.7. The molecular formula is C14H23N3. The van der Waals surface area contributed by atoms with Gasteiger partial charge in [0, 0.05) is 24.9 Å². The second-order valence-corrected chi connectivity index (χ2v) is 5.02. The van der Waals surface area contributed by atoms with E-state index in [0.29, 0.717) is 0 Å². The average molecular weight is 233 g/mol. The first-order valence-electron chi connectivity index (χ1n) is 6.64. The van der Waals surface area contributed by atoms with Crippen molar-refractivity contribution in [1.29, 1.82) is 0 Å². The summed E-state index contributed by atoms with van der Waals surface area (Å²) in [6, 6.07) is 6.12. The van der Waals surface area contributed by atoms with Crippen molar-refractivity contribution in [3.05, 3.63) is 30.1 Å². The summed E-state index contributed by atoms with van der Waals surface area (Å²) in [7, 11) is 2.21. The van der Waals surface area contributed by atoms with Gasteiger partial charge in [0.05, 0.1) is 0 Å². The number of likely N-dealkylation sites (tertiary alicyclic amines) is 1. The number of piperidine rings is 1. The fraction of sp³-hybridized carbons (Fsp3) is 0.643. The molecule has 2 heterocycles. The van der Waals surface area contributed by atoms with Crippen LogP contribution in [0.4, 0.5) is 0 Å². The third kappa shape index (κ3) is 4.44. The van der Waals surface area contributed by atoms with Crippen molar-refractivity contribution in [1.82, 2.24) is 15.2 Å². The molecule has 1 aromatic heterocycles. The molecule has 1 saturated heterocycles. The summed E-state index contributed by atoms with van der Waals surface area (Å²) in [6.07, 6.45) is 5.58. The minimum absolute atomic E-state index is 0.870. The molecule has 94 valence electrons. The summed E-state index contributed by atoms with van der Waals surface area (Å²) in [5.74, 6) is 0.870. The van der Waals surface area contributed by atoms with Crippen LogP contribution >= 0.6 is 0 Å². The van der Waals surface area contributed by atoms with Crippen molar-refractivity contribution in [3.63, 3.8) is 0 Å². The molecule has 0 unspecified atom stereocenters. The molecule has 0 atom stereocenters. The molecule has 0 aromatic carbocycles. The Labute approximate surface area is 104 Å². The average Bonchev–Trinajstić information content (AvgIpc) is 2.38. The van der Waals surface area contributed by atoms with Gasteiger partial charge in [-0.1, -0.05) is 6.07 Å². The highest BCUT2D eigenvalue weighted by atomic mass is 15.1. The van der Waals surface area contributed by atoms with Crippen LogP contribution in [0.25, 0.3) is 0 Å². The molecule has 0 saturated carbocycles. The minimum Gasteiger partial charge on any atom is -0.316 e. The normalized spacial score (nSPS) is 18.4. The van der Waals surface area contributed by atoms with Crippen LogP contribution in [0.1, 0.15) is 18.5 Å². The highest BCUT2D eigenvalue weighted by molar-refractivity contribution is 5.03. The predicted molar refractivity (Wildman–Crippen MR) is 71.0 cm³/mol. The Morgan fingerprint density at radius 2 is 2.18 bits per heavy atom. The molecule has 1 aliphatic heterocycles. The van der Waals surface area contributed by atoms with Crippen LogP contribution in [0, 0.1) is 5.92 Å². The van der Waals surface area contributed by atoms with Crippen LogP contribution in [-0.4, -0.2) is 43.1 Å². The molecule has 0 aliphatic carbocycles. The molecular weight excluding hydrogens is 210 g/mol. The quantitative estimate of drug-likeness (QED) is 0.782. The highest BCUT2D eigenvalue weighted by Gasteiger charge is 2.15. The number of hydrogen-bond acceptors (Lipinski definition) is 3. The molecule has 0 bridgehead atoms. The van der Waals surface area contributed by atoms with Crippen LogP contribution < -0.4 is 5.32 Å². The smallest absolute Gasteiger partial charge is 0.0416 e. The molecule has 0 radical (unpaired) electrons. The zero-order valence-electron chi connectivity index (χ0n) is 10.7. The van der Waals surface area contributed by atoms with E-state index >= 15 is 0 Å². The lowest BCUT2D eigenvalue weighted by Crippen LogP contribution is -2.35. The summed E-state index contributed by atoms with van der Waals surface area (Å²) in [4.78, 5) is 6.75. The van der Waals surface area contributed by atoms with Crippen molar-refractivity contribution >= 4 is 0 Å². The fourth-order valence-electron chi connectivity index (χ4n) is 2.33. The van der Waals surface area contributed by atoms with E-state index in [4.69, 9.17) is 0 Å². The third-order valence-electron chi connectivity index (χ3n) is 3.56. The Kier molecular flexibility index (Phi) is 4.95. The van der Waals surface area contributed by atoms with Gasteiger partial charge in [0.2, 0.25) is 0 Å². The Morgan fingerprint density at radius 1 is 1.35 bits per heavy atom. The van der Waals surface area contributed by atoms with Crippen molar-refractivity contribution in [2.75, 3.05) is 33.2 Å². The first kappa shape index (κ1) is 12.5. The Hall–Kier alpha value is -0.930. The first-order valence-corrected chi connectivity index (χ1v) is 6.64. The Morgan fingerprint density at radius 3 is 2.88 bits per heavy atom. The van der Waals surface area contributed by atoms with Gasteiger partial charge in [-0.3, -0.25) is 4.98 Å². The number of nitrogens with one attached hydrogen (secondary N) is 1. The van der Waals surface area contributed by atoms with Gasteiger partial charge in [-0.2, -0.15) is 0 Å². The Bertz CT molecular complexity index is 305. The molecule has 3 heteroatoms. The number of pyridine rings is 1. The summed E-state index contributed by atoms with van der Waals surface area (Å²) in [5, 5.41) is 3.56. The maximum absolute atomic E-state index is 4.33. The second-order valence-electron chi connectivity index (χ2n) is 5.02. The minimum atomic E-state index is 0.870. The van der Waals surface area contributed by atoms with Crippen molar-refractivity contribution in [3.8, 4) is 0 Å². The molecule has 1 N–H and O–H groups in total. The number of rotatable bonds is 5. The molecule has 17 heavy (non-hydrogen) atoms. The van der Waals surface area contributed by atoms with Gasteiger partial charge in [-0.25, -0.2) is 0 Å². The molecule has 1 aliphatic rings. The fourth-order valence-corrected chi connectivity index (χ4v) is 2.33. The molecule has 3 nitrogen and oxygen atoms in total. The van der Waals surface area contributed by atoms with Crippen molar-refractivity contribution < 1.29 is 0 Å². The van der Waals surface area contributed by atoms with Gasteiger partial charge in [0.25, 0.3) is 0 Å². The summed E-state index contributed by atoms with van der Waals surface area (Å²) in [5.41, 5.74) is 1.18. The highest BCUT2D eigenvalue weighted by Crippen LogP contribution is 2.14. The topological polar surface area (TPSA) is 28.2 Å². The predicted octanol–water partition coefficient (Wildman–Crippen LogP) is 1.56. The zero-order chi connectivity index (χ0) is 11.9. The van der Waals surface area contributed by atoms with Crippen LogP contribution in [-0.2, 0) is 6.42 Å². The van der Waals surface area contributed by atoms with Gasteiger partial charge in [0.15, 0.2) is 0 Å².